The van der Waals surface area contributed by atoms with Crippen molar-refractivity contribution in [2.75, 3.05) is 18.5 Å². The number of nitrogens with zero attached hydrogens (tertiary/aromatic N) is 1. The summed E-state index contributed by atoms with van der Waals surface area (Å²) in [7, 11) is -1.37. The van der Waals surface area contributed by atoms with Crippen molar-refractivity contribution in [2.24, 2.45) is 0 Å². The van der Waals surface area contributed by atoms with Crippen LogP contribution >= 0.6 is 0 Å². The molecule has 0 aliphatic carbocycles. The molecular formula is C25H26INO6S. The summed E-state index contributed by atoms with van der Waals surface area (Å²) >= 11 is -0.941. The number of hydrogen-bond donors (Lipinski definition) is 1. The molecule has 180 valence electrons. The van der Waals surface area contributed by atoms with Gasteiger partial charge in [0, 0.05) is 7.11 Å². The van der Waals surface area contributed by atoms with E-state index in [0.717, 1.165) is 12.7 Å². The van der Waals surface area contributed by atoms with Crippen LogP contribution in [0.15, 0.2) is 87.5 Å². The smallest absolute Gasteiger partial charge is 0.352 e. The number of anilines is 1. The van der Waals surface area contributed by atoms with Gasteiger partial charge in [0.15, 0.2) is 4.08 Å². The summed E-state index contributed by atoms with van der Waals surface area (Å²) in [5.74, 6) is -0.635. The SMILES string of the molecule is CO.COc1ccc(N(/C(C)=C\[I+]c2ccccc2C(=O)[O-])S(=O)(=O)c2ccc(C)cc2)cc1. The molecule has 0 bridgehead atoms. The highest BCUT2D eigenvalue weighted by molar-refractivity contribution is 7.93. The molecule has 0 saturated heterocycles. The highest BCUT2D eigenvalue weighted by Crippen LogP contribution is 2.29. The van der Waals surface area contributed by atoms with E-state index in [1.54, 1.807) is 84.8 Å². The van der Waals surface area contributed by atoms with E-state index in [0.29, 0.717) is 20.7 Å². The van der Waals surface area contributed by atoms with Crippen molar-refractivity contribution < 1.29 is 49.4 Å². The zero-order valence-electron chi connectivity index (χ0n) is 19.2. The maximum atomic E-state index is 13.6. The minimum absolute atomic E-state index is 0.127. The van der Waals surface area contributed by atoms with E-state index in [1.807, 2.05) is 6.92 Å². The molecule has 0 saturated carbocycles. The second-order valence-corrected chi connectivity index (χ2v) is 11.1. The summed E-state index contributed by atoms with van der Waals surface area (Å²) in [6.07, 6.45) is 0. The Morgan fingerprint density at radius 3 is 2.15 bits per heavy atom. The largest absolute Gasteiger partial charge is 0.545 e. The number of aliphatic hydroxyl groups is 1. The molecule has 0 heterocycles. The highest BCUT2D eigenvalue weighted by atomic mass is 127. The summed E-state index contributed by atoms with van der Waals surface area (Å²) in [4.78, 5) is 11.6. The van der Waals surface area contributed by atoms with Crippen LogP contribution < -0.4 is 35.4 Å². The van der Waals surface area contributed by atoms with Crippen LogP contribution in [0.2, 0.25) is 0 Å². The molecule has 0 unspecified atom stereocenters. The third-order valence-electron chi connectivity index (χ3n) is 4.61. The van der Waals surface area contributed by atoms with Gasteiger partial charge >= 0.3 is 21.2 Å². The molecule has 0 fully saturated rings. The van der Waals surface area contributed by atoms with E-state index >= 15 is 0 Å². The van der Waals surface area contributed by atoms with Gasteiger partial charge in [-0.05, 0) is 62.4 Å². The number of hydrogen-bond acceptors (Lipinski definition) is 6. The number of allylic oxidation sites excluding steroid dienone is 1. The first kappa shape index (κ1) is 27.4. The van der Waals surface area contributed by atoms with Gasteiger partial charge in [-0.25, -0.2) is 12.7 Å². The van der Waals surface area contributed by atoms with Crippen LogP contribution in [0.3, 0.4) is 0 Å². The number of methoxy groups -OCH3 is 1. The van der Waals surface area contributed by atoms with E-state index in [-0.39, 0.29) is 10.5 Å². The van der Waals surface area contributed by atoms with Crippen LogP contribution in [0.25, 0.3) is 0 Å². The first-order valence-electron chi connectivity index (χ1n) is 10.1. The van der Waals surface area contributed by atoms with E-state index < -0.39 is 37.2 Å². The van der Waals surface area contributed by atoms with Gasteiger partial charge in [0.25, 0.3) is 10.0 Å². The van der Waals surface area contributed by atoms with Crippen LogP contribution in [0.4, 0.5) is 5.69 Å². The van der Waals surface area contributed by atoms with Crippen molar-refractivity contribution >= 4 is 21.7 Å². The zero-order chi connectivity index (χ0) is 25.3. The predicted molar refractivity (Wildman–Crippen MR) is 125 cm³/mol. The predicted octanol–water partition coefficient (Wildman–Crippen LogP) is -0.00898. The van der Waals surface area contributed by atoms with Gasteiger partial charge in [0.1, 0.15) is 5.75 Å². The molecule has 0 aromatic heterocycles. The fraction of sp³-hybridized carbons (Fsp3) is 0.160. The zero-order valence-corrected chi connectivity index (χ0v) is 22.2. The van der Waals surface area contributed by atoms with E-state index in [2.05, 4.69) is 0 Å². The van der Waals surface area contributed by atoms with Crippen LogP contribution in [0.1, 0.15) is 22.8 Å². The van der Waals surface area contributed by atoms with Gasteiger partial charge in [0.05, 0.1) is 34.9 Å². The third kappa shape index (κ3) is 6.58. The lowest BCUT2D eigenvalue weighted by Crippen LogP contribution is -3.59. The van der Waals surface area contributed by atoms with Gasteiger partial charge < -0.3 is 19.7 Å². The first-order valence-corrected chi connectivity index (χ1v) is 13.8. The number of carbonyl (C=O) groups excluding carboxylic acids is 1. The molecule has 1 N–H and O–H groups in total. The monoisotopic (exact) mass is 595 g/mol. The van der Waals surface area contributed by atoms with Gasteiger partial charge in [-0.1, -0.05) is 29.8 Å². The molecule has 0 radical (unpaired) electrons. The number of aliphatic hydroxyl groups excluding tert-OH is 1. The van der Waals surface area contributed by atoms with Crippen molar-refractivity contribution in [3.63, 3.8) is 0 Å². The number of halogens is 1. The van der Waals surface area contributed by atoms with Crippen LogP contribution in [-0.2, 0) is 10.0 Å². The van der Waals surface area contributed by atoms with Crippen LogP contribution in [0.5, 0.6) is 5.75 Å². The number of benzene rings is 3. The number of carboxylic acids is 1. The molecule has 3 rings (SSSR count). The standard InChI is InChI=1S/C24H22INO5S.CH4O/c1-17-8-14-21(15-9-17)32(29,30)26(19-10-12-20(31-3)13-11-19)18(2)16-25-23-7-5-4-6-22(23)24(27)28;1-2/h4-16H,1-3H3;2H,1H3/b18-16-;. The lowest BCUT2D eigenvalue weighted by molar-refractivity contribution is -0.558. The Hall–Kier alpha value is -2.89. The minimum Gasteiger partial charge on any atom is -0.545 e. The molecule has 0 amide bonds. The van der Waals surface area contributed by atoms with E-state index in [1.165, 1.54) is 10.4 Å². The van der Waals surface area contributed by atoms with Crippen LogP contribution in [0, 0.1) is 10.5 Å². The molecule has 0 spiro atoms. The average Bonchev–Trinajstić information content (AvgIpc) is 2.85. The summed E-state index contributed by atoms with van der Waals surface area (Å²) < 4.78 is 36.1. The van der Waals surface area contributed by atoms with Gasteiger partial charge in [-0.15, -0.1) is 0 Å². The summed E-state index contributed by atoms with van der Waals surface area (Å²) in [5.41, 5.74) is 2.02. The molecule has 9 heteroatoms. The Labute approximate surface area is 210 Å². The van der Waals surface area contributed by atoms with Crippen molar-refractivity contribution in [3.05, 3.63) is 97.3 Å². The normalized spacial score (nSPS) is 11.3. The lowest BCUT2D eigenvalue weighted by atomic mass is 10.2. The maximum absolute atomic E-state index is 13.6. The van der Waals surface area contributed by atoms with Crippen molar-refractivity contribution in [3.8, 4) is 5.75 Å². The molecule has 3 aromatic carbocycles. The quantitative estimate of drug-likeness (QED) is 0.368. The Morgan fingerprint density at radius 1 is 1.00 bits per heavy atom. The number of sulfonamides is 1. The number of carbonyl (C=O) groups is 1. The summed E-state index contributed by atoms with van der Waals surface area (Å²) in [6, 6.07) is 20.0. The Balaban J connectivity index is 0.00000199. The summed E-state index contributed by atoms with van der Waals surface area (Å²) in [6.45, 7) is 3.60. The van der Waals surface area contributed by atoms with Crippen molar-refractivity contribution in [1.29, 1.82) is 0 Å². The third-order valence-corrected chi connectivity index (χ3v) is 9.28. The first-order chi connectivity index (χ1) is 16.2. The Kier molecular flexibility index (Phi) is 10.1. The molecule has 3 aromatic rings. The summed E-state index contributed by atoms with van der Waals surface area (Å²) in [5, 5.41) is 18.4. The van der Waals surface area contributed by atoms with E-state index in [9.17, 15) is 18.3 Å². The molecule has 0 atom stereocenters. The highest BCUT2D eigenvalue weighted by Gasteiger charge is 2.29. The lowest BCUT2D eigenvalue weighted by Gasteiger charge is -2.24. The Bertz CT molecular complexity index is 1240. The van der Waals surface area contributed by atoms with Crippen molar-refractivity contribution in [2.45, 2.75) is 18.7 Å². The van der Waals surface area contributed by atoms with Gasteiger partial charge in [-0.2, -0.15) is 0 Å². The second-order valence-electron chi connectivity index (χ2n) is 6.91. The molecular weight excluding hydrogens is 569 g/mol. The van der Waals surface area contributed by atoms with Gasteiger partial charge in [-0.3, -0.25) is 0 Å². The molecule has 0 aliphatic heterocycles. The molecule has 34 heavy (non-hydrogen) atoms. The average molecular weight is 595 g/mol. The fourth-order valence-corrected chi connectivity index (χ4v) is 6.90. The van der Waals surface area contributed by atoms with Crippen molar-refractivity contribution in [1.82, 2.24) is 0 Å². The number of aryl methyl sites for hydroxylation is 1. The number of carboxylic acid groups (broad SMARTS) is 1. The fourth-order valence-electron chi connectivity index (χ4n) is 2.97. The molecule has 7 nitrogen and oxygen atoms in total. The topological polar surface area (TPSA) is 107 Å². The number of rotatable bonds is 8. The second kappa shape index (κ2) is 12.5. The minimum atomic E-state index is -3.91. The maximum Gasteiger partial charge on any atom is 0.352 e. The number of aromatic carboxylic acids is 1. The van der Waals surface area contributed by atoms with E-state index in [4.69, 9.17) is 9.84 Å². The number of ether oxygens (including phenoxy) is 1. The van der Waals surface area contributed by atoms with Crippen LogP contribution in [-0.4, -0.2) is 33.7 Å². The molecule has 0 aliphatic rings. The van der Waals surface area contributed by atoms with Gasteiger partial charge in [0.2, 0.25) is 3.57 Å². The Morgan fingerprint density at radius 2 is 1.59 bits per heavy atom.